The molecule has 0 bridgehead atoms. The number of aliphatic carboxylic acids is 1. The molecule has 0 heterocycles. The Bertz CT molecular complexity index is 665. The molecule has 0 aliphatic heterocycles. The summed E-state index contributed by atoms with van der Waals surface area (Å²) in [4.78, 5) is 9.60. The molecule has 0 aliphatic rings. The van der Waals surface area contributed by atoms with Crippen LogP contribution in [0.2, 0.25) is 0 Å². The largest absolute Gasteiger partial charge is 0.478 e. The minimum atomic E-state index is -0.935. The van der Waals surface area contributed by atoms with E-state index in [1.165, 1.54) is 6.92 Å². The molecule has 3 N–H and O–H groups in total. The van der Waals surface area contributed by atoms with Crippen molar-refractivity contribution in [1.29, 1.82) is 0 Å². The summed E-state index contributed by atoms with van der Waals surface area (Å²) in [6.45, 7) is 25.3. The van der Waals surface area contributed by atoms with Gasteiger partial charge in [-0.2, -0.15) is 0 Å². The van der Waals surface area contributed by atoms with Crippen molar-refractivity contribution >= 4 is 5.97 Å². The fourth-order valence-corrected chi connectivity index (χ4v) is 2.79. The molecule has 0 spiro atoms. The van der Waals surface area contributed by atoms with Gasteiger partial charge < -0.3 is 53.2 Å². The molecule has 0 aliphatic carbocycles. The number of carboxylic acids is 1. The van der Waals surface area contributed by atoms with Gasteiger partial charge in [-0.05, 0) is 69.2 Å². The van der Waals surface area contributed by atoms with Gasteiger partial charge in [0.2, 0.25) is 0 Å². The molecule has 43 heavy (non-hydrogen) atoms. The second-order valence-electron chi connectivity index (χ2n) is 11.3. The van der Waals surface area contributed by atoms with E-state index in [-0.39, 0.29) is 61.0 Å². The Kier molecular flexibility index (Phi) is 27.7. The maximum Gasteiger partial charge on any atom is 0.330 e. The van der Waals surface area contributed by atoms with Gasteiger partial charge in [0.1, 0.15) is 0 Å². The fraction of sp³-hybridized carbons (Fsp3) is 0.903. The number of rotatable bonds is 26. The van der Waals surface area contributed by atoms with Crippen LogP contribution in [0, 0.1) is 0 Å². The van der Waals surface area contributed by atoms with Crippen molar-refractivity contribution in [2.24, 2.45) is 0 Å². The normalized spacial score (nSPS) is 17.9. The average molecular weight is 627 g/mol. The highest BCUT2D eigenvalue weighted by Crippen LogP contribution is 2.05. The lowest BCUT2D eigenvalue weighted by Crippen LogP contribution is -2.30. The smallest absolute Gasteiger partial charge is 0.330 e. The van der Waals surface area contributed by atoms with E-state index < -0.39 is 12.1 Å². The summed E-state index contributed by atoms with van der Waals surface area (Å²) in [5, 5.41) is 26.1. The predicted molar refractivity (Wildman–Crippen MR) is 165 cm³/mol. The third kappa shape index (κ3) is 30.6. The van der Waals surface area contributed by atoms with Crippen LogP contribution in [0.4, 0.5) is 0 Å². The van der Waals surface area contributed by atoms with Crippen LogP contribution < -0.4 is 0 Å². The van der Waals surface area contributed by atoms with Gasteiger partial charge in [0.25, 0.3) is 0 Å². The SMILES string of the molecule is C=C(C)C(=O)O.CC(O)COC(C)COC(C)COC(C)COC(C)COC(C)COC(C)COC(C)COC(C)CO. The zero-order chi connectivity index (χ0) is 33.4. The van der Waals surface area contributed by atoms with Crippen molar-refractivity contribution in [3.8, 4) is 0 Å². The minimum Gasteiger partial charge on any atom is -0.478 e. The molecule has 9 unspecified atom stereocenters. The van der Waals surface area contributed by atoms with Crippen molar-refractivity contribution < 1.29 is 58.0 Å². The third-order valence-corrected chi connectivity index (χ3v) is 5.55. The Morgan fingerprint density at radius 3 is 0.860 bits per heavy atom. The number of aliphatic hydroxyl groups is 2. The molecule has 258 valence electrons. The Hall–Kier alpha value is -1.19. The summed E-state index contributed by atoms with van der Waals surface area (Å²) in [5.74, 6) is -0.935. The fourth-order valence-electron chi connectivity index (χ4n) is 2.79. The van der Waals surface area contributed by atoms with Crippen LogP contribution >= 0.6 is 0 Å². The van der Waals surface area contributed by atoms with Crippen LogP contribution in [0.5, 0.6) is 0 Å². The van der Waals surface area contributed by atoms with Gasteiger partial charge in [0.15, 0.2) is 0 Å². The average Bonchev–Trinajstić information content (AvgIpc) is 2.96. The van der Waals surface area contributed by atoms with Crippen LogP contribution in [0.25, 0.3) is 0 Å². The van der Waals surface area contributed by atoms with Crippen LogP contribution in [-0.4, -0.2) is 136 Å². The first-order chi connectivity index (χ1) is 20.1. The van der Waals surface area contributed by atoms with Gasteiger partial charge in [-0.1, -0.05) is 6.58 Å². The molecule has 0 aromatic rings. The van der Waals surface area contributed by atoms with E-state index >= 15 is 0 Å². The standard InChI is InChI=1S/C27H56O10.C4H6O2/c1-19(29)11-30-21(3)13-32-23(5)15-34-25(7)17-36-27(9)18-37-26(8)16-35-24(6)14-33-22(4)12-31-20(2)10-28;1-3(2)4(5)6/h19-29H,10-18H2,1-9H3;1H2,2H3,(H,5,6). The summed E-state index contributed by atoms with van der Waals surface area (Å²) < 4.78 is 45.8. The zero-order valence-electron chi connectivity index (χ0n) is 28.3. The Labute approximate surface area is 259 Å². The number of carbonyl (C=O) groups is 1. The van der Waals surface area contributed by atoms with Gasteiger partial charge in [-0.25, -0.2) is 4.79 Å². The Balaban J connectivity index is 0. The number of hydrogen-bond donors (Lipinski definition) is 3. The quantitative estimate of drug-likeness (QED) is 0.121. The lowest BCUT2D eigenvalue weighted by molar-refractivity contribution is -0.132. The first-order valence-electron chi connectivity index (χ1n) is 15.2. The van der Waals surface area contributed by atoms with Crippen molar-refractivity contribution in [1.82, 2.24) is 0 Å². The number of aliphatic hydroxyl groups excluding tert-OH is 2. The van der Waals surface area contributed by atoms with Crippen LogP contribution in [-0.2, 0) is 42.7 Å². The highest BCUT2D eigenvalue weighted by atomic mass is 16.6. The van der Waals surface area contributed by atoms with Crippen molar-refractivity contribution in [2.75, 3.05) is 59.5 Å². The van der Waals surface area contributed by atoms with E-state index in [1.54, 1.807) is 6.92 Å². The molecule has 12 nitrogen and oxygen atoms in total. The topological polar surface area (TPSA) is 152 Å². The molecule has 0 amide bonds. The number of ether oxygens (including phenoxy) is 8. The van der Waals surface area contributed by atoms with Crippen molar-refractivity contribution in [2.45, 2.75) is 124 Å². The second-order valence-corrected chi connectivity index (χ2v) is 11.3. The first-order valence-corrected chi connectivity index (χ1v) is 15.2. The highest BCUT2D eigenvalue weighted by molar-refractivity contribution is 5.84. The van der Waals surface area contributed by atoms with Gasteiger partial charge in [-0.3, -0.25) is 0 Å². The second kappa shape index (κ2) is 27.1. The van der Waals surface area contributed by atoms with Crippen molar-refractivity contribution in [3.05, 3.63) is 12.2 Å². The Morgan fingerprint density at radius 1 is 0.512 bits per heavy atom. The molecule has 0 aromatic carbocycles. The van der Waals surface area contributed by atoms with E-state index in [9.17, 15) is 9.90 Å². The molecule has 12 heteroatoms. The molecule has 0 rings (SSSR count). The summed E-state index contributed by atoms with van der Waals surface area (Å²) >= 11 is 0. The molecule has 0 aromatic heterocycles. The first kappa shape index (κ1) is 43.9. The van der Waals surface area contributed by atoms with E-state index in [1.807, 2.05) is 55.4 Å². The lowest BCUT2D eigenvalue weighted by atomic mass is 10.3. The molecule has 0 saturated carbocycles. The van der Waals surface area contributed by atoms with Gasteiger partial charge in [0, 0.05) is 5.57 Å². The molecule has 0 radical (unpaired) electrons. The molecule has 0 fully saturated rings. The molecule has 9 atom stereocenters. The molecular weight excluding hydrogens is 564 g/mol. The zero-order valence-corrected chi connectivity index (χ0v) is 28.3. The summed E-state index contributed by atoms with van der Waals surface area (Å²) in [6, 6.07) is 0. The number of carboxylic acid groups (broad SMARTS) is 1. The summed E-state index contributed by atoms with van der Waals surface area (Å²) in [5.41, 5.74) is 0.176. The van der Waals surface area contributed by atoms with E-state index in [4.69, 9.17) is 48.1 Å². The van der Waals surface area contributed by atoms with Crippen LogP contribution in [0.3, 0.4) is 0 Å². The van der Waals surface area contributed by atoms with Crippen molar-refractivity contribution in [3.63, 3.8) is 0 Å². The summed E-state index contributed by atoms with van der Waals surface area (Å²) in [6.07, 6.45) is -1.18. The maximum absolute atomic E-state index is 9.60. The minimum absolute atomic E-state index is 0.00142. The lowest BCUT2D eigenvalue weighted by Gasteiger charge is -2.23. The number of hydrogen-bond acceptors (Lipinski definition) is 11. The monoisotopic (exact) mass is 626 g/mol. The van der Waals surface area contributed by atoms with Gasteiger partial charge >= 0.3 is 5.97 Å². The predicted octanol–water partition coefficient (Wildman–Crippen LogP) is 3.25. The summed E-state index contributed by atoms with van der Waals surface area (Å²) in [7, 11) is 0. The van der Waals surface area contributed by atoms with E-state index in [2.05, 4.69) is 6.58 Å². The van der Waals surface area contributed by atoms with E-state index in [0.717, 1.165) is 0 Å². The van der Waals surface area contributed by atoms with Gasteiger partial charge in [-0.15, -0.1) is 0 Å². The maximum atomic E-state index is 9.60. The highest BCUT2D eigenvalue weighted by Gasteiger charge is 2.14. The van der Waals surface area contributed by atoms with Crippen LogP contribution in [0.15, 0.2) is 12.2 Å². The molecular formula is C31H62O12. The van der Waals surface area contributed by atoms with Gasteiger partial charge in [0.05, 0.1) is 114 Å². The van der Waals surface area contributed by atoms with E-state index in [0.29, 0.717) is 52.9 Å². The Morgan fingerprint density at radius 2 is 0.698 bits per heavy atom. The van der Waals surface area contributed by atoms with Crippen LogP contribution in [0.1, 0.15) is 69.2 Å². The third-order valence-electron chi connectivity index (χ3n) is 5.55. The molecule has 0 saturated heterocycles.